The van der Waals surface area contributed by atoms with Crippen molar-refractivity contribution in [3.63, 3.8) is 0 Å². The van der Waals surface area contributed by atoms with Gasteiger partial charge in [-0.3, -0.25) is 4.79 Å². The lowest BCUT2D eigenvalue weighted by molar-refractivity contribution is -0.121. The summed E-state index contributed by atoms with van der Waals surface area (Å²) in [6.07, 6.45) is -0.0714. The quantitative estimate of drug-likeness (QED) is 0.900. The number of nitrogens with one attached hydrogen (secondary N) is 1. The van der Waals surface area contributed by atoms with Gasteiger partial charge in [0, 0.05) is 18.5 Å². The number of amides is 1. The van der Waals surface area contributed by atoms with E-state index in [4.69, 9.17) is 9.47 Å². The standard InChI is InChI=1S/C15H19NO4/c1-15(2,3)20-14(18)16-8-10-4-5-13-11(6-10)7-12(17)9-19-13/h4-6H,7-9H2,1-3H3,(H,16,18). The lowest BCUT2D eigenvalue weighted by Crippen LogP contribution is -2.32. The summed E-state index contributed by atoms with van der Waals surface area (Å²) in [5.74, 6) is 0.806. The van der Waals surface area contributed by atoms with Gasteiger partial charge in [0.15, 0.2) is 5.78 Å². The second-order valence-electron chi connectivity index (χ2n) is 5.80. The Morgan fingerprint density at radius 2 is 2.15 bits per heavy atom. The summed E-state index contributed by atoms with van der Waals surface area (Å²) >= 11 is 0. The van der Waals surface area contributed by atoms with Crippen LogP contribution in [0.2, 0.25) is 0 Å². The van der Waals surface area contributed by atoms with Crippen LogP contribution in [0.15, 0.2) is 18.2 Å². The van der Waals surface area contributed by atoms with E-state index in [1.165, 1.54) is 0 Å². The number of fused-ring (bicyclic) bond motifs is 1. The van der Waals surface area contributed by atoms with Crippen LogP contribution in [0.1, 0.15) is 31.9 Å². The number of carbonyl (C=O) groups excluding carboxylic acids is 2. The van der Waals surface area contributed by atoms with E-state index in [9.17, 15) is 9.59 Å². The molecule has 0 saturated heterocycles. The maximum atomic E-state index is 11.6. The number of alkyl carbamates (subject to hydrolysis) is 1. The van der Waals surface area contributed by atoms with E-state index >= 15 is 0 Å². The average molecular weight is 277 g/mol. The molecule has 1 aliphatic rings. The fourth-order valence-corrected chi connectivity index (χ4v) is 1.93. The van der Waals surface area contributed by atoms with Crippen molar-refractivity contribution in [3.05, 3.63) is 29.3 Å². The Bertz CT molecular complexity index is 531. The van der Waals surface area contributed by atoms with E-state index in [1.807, 2.05) is 39.0 Å². The van der Waals surface area contributed by atoms with Crippen LogP contribution in [0.25, 0.3) is 0 Å². The predicted octanol–water partition coefficient (Wildman–Crippen LogP) is 2.22. The molecular formula is C15H19NO4. The van der Waals surface area contributed by atoms with Crippen molar-refractivity contribution in [1.29, 1.82) is 0 Å². The van der Waals surface area contributed by atoms with Gasteiger partial charge in [-0.2, -0.15) is 0 Å². The molecule has 0 spiro atoms. The monoisotopic (exact) mass is 277 g/mol. The second-order valence-corrected chi connectivity index (χ2v) is 5.80. The first kappa shape index (κ1) is 14.4. The molecule has 0 saturated carbocycles. The molecule has 0 bridgehead atoms. The molecule has 0 atom stereocenters. The van der Waals surface area contributed by atoms with E-state index in [0.717, 1.165) is 16.9 Å². The molecule has 1 heterocycles. The van der Waals surface area contributed by atoms with Crippen molar-refractivity contribution in [2.75, 3.05) is 6.61 Å². The molecule has 0 unspecified atom stereocenters. The number of benzene rings is 1. The van der Waals surface area contributed by atoms with Crippen molar-refractivity contribution in [3.8, 4) is 5.75 Å². The minimum atomic E-state index is -0.514. The Morgan fingerprint density at radius 3 is 2.85 bits per heavy atom. The third-order valence-electron chi connectivity index (χ3n) is 2.74. The summed E-state index contributed by atoms with van der Waals surface area (Å²) in [4.78, 5) is 22.9. The lowest BCUT2D eigenvalue weighted by Gasteiger charge is -2.20. The Balaban J connectivity index is 1.96. The second kappa shape index (κ2) is 5.53. The van der Waals surface area contributed by atoms with Crippen LogP contribution in [-0.2, 0) is 22.5 Å². The first-order valence-corrected chi connectivity index (χ1v) is 6.57. The molecule has 1 aromatic carbocycles. The van der Waals surface area contributed by atoms with Gasteiger partial charge in [0.1, 0.15) is 18.0 Å². The SMILES string of the molecule is CC(C)(C)OC(=O)NCc1ccc2c(c1)CC(=O)CO2. The number of hydrogen-bond donors (Lipinski definition) is 1. The summed E-state index contributed by atoms with van der Waals surface area (Å²) in [6.45, 7) is 5.94. The highest BCUT2D eigenvalue weighted by Gasteiger charge is 2.18. The zero-order valence-electron chi connectivity index (χ0n) is 12.0. The van der Waals surface area contributed by atoms with Crippen LogP contribution in [0.5, 0.6) is 5.75 Å². The highest BCUT2D eigenvalue weighted by atomic mass is 16.6. The van der Waals surface area contributed by atoms with Gasteiger partial charge in [0.25, 0.3) is 0 Å². The number of ether oxygens (including phenoxy) is 2. The fraction of sp³-hybridized carbons (Fsp3) is 0.467. The van der Waals surface area contributed by atoms with E-state index in [0.29, 0.717) is 13.0 Å². The van der Waals surface area contributed by atoms with Gasteiger partial charge in [0.05, 0.1) is 0 Å². The van der Waals surface area contributed by atoms with E-state index in [2.05, 4.69) is 5.32 Å². The summed E-state index contributed by atoms with van der Waals surface area (Å²) in [6, 6.07) is 5.57. The van der Waals surface area contributed by atoms with Crippen molar-refractivity contribution in [2.24, 2.45) is 0 Å². The molecule has 0 aliphatic carbocycles. The van der Waals surface area contributed by atoms with Gasteiger partial charge in [-0.05, 0) is 38.5 Å². The van der Waals surface area contributed by atoms with Gasteiger partial charge >= 0.3 is 6.09 Å². The van der Waals surface area contributed by atoms with Crippen molar-refractivity contribution >= 4 is 11.9 Å². The van der Waals surface area contributed by atoms with Crippen LogP contribution in [-0.4, -0.2) is 24.1 Å². The molecule has 5 nitrogen and oxygen atoms in total. The number of rotatable bonds is 2. The molecule has 1 N–H and O–H groups in total. The Morgan fingerprint density at radius 1 is 1.40 bits per heavy atom. The normalized spacial score (nSPS) is 14.2. The highest BCUT2D eigenvalue weighted by molar-refractivity contribution is 5.84. The third kappa shape index (κ3) is 3.98. The van der Waals surface area contributed by atoms with E-state index in [1.54, 1.807) is 0 Å². The van der Waals surface area contributed by atoms with Crippen LogP contribution in [0.3, 0.4) is 0 Å². The van der Waals surface area contributed by atoms with Crippen LogP contribution in [0, 0.1) is 0 Å². The zero-order chi connectivity index (χ0) is 14.8. The number of ketones is 1. The van der Waals surface area contributed by atoms with Crippen molar-refractivity contribution < 1.29 is 19.1 Å². The van der Waals surface area contributed by atoms with Gasteiger partial charge < -0.3 is 14.8 Å². The summed E-state index contributed by atoms with van der Waals surface area (Å²) in [5.41, 5.74) is 1.26. The molecule has 20 heavy (non-hydrogen) atoms. The van der Waals surface area contributed by atoms with Crippen LogP contribution < -0.4 is 10.1 Å². The largest absolute Gasteiger partial charge is 0.486 e. The molecule has 1 aliphatic heterocycles. The topological polar surface area (TPSA) is 64.6 Å². The molecule has 1 amide bonds. The average Bonchev–Trinajstić information content (AvgIpc) is 2.33. The number of Topliss-reactive ketones (excluding diaryl/α,β-unsaturated/α-hetero) is 1. The Hall–Kier alpha value is -2.04. The van der Waals surface area contributed by atoms with Crippen LogP contribution in [0.4, 0.5) is 4.79 Å². The molecule has 1 aromatic rings. The molecule has 5 heteroatoms. The molecule has 0 aromatic heterocycles. The smallest absolute Gasteiger partial charge is 0.407 e. The van der Waals surface area contributed by atoms with Gasteiger partial charge in [-0.25, -0.2) is 4.79 Å². The Kier molecular flexibility index (Phi) is 3.97. The summed E-state index contributed by atoms with van der Waals surface area (Å²) in [5, 5.41) is 2.69. The van der Waals surface area contributed by atoms with E-state index in [-0.39, 0.29) is 12.4 Å². The van der Waals surface area contributed by atoms with Gasteiger partial charge in [0.2, 0.25) is 0 Å². The predicted molar refractivity (Wildman–Crippen MR) is 73.7 cm³/mol. The molecule has 108 valence electrons. The molecule has 2 rings (SSSR count). The molecule has 0 fully saturated rings. The number of hydrogen-bond acceptors (Lipinski definition) is 4. The number of carbonyl (C=O) groups is 2. The van der Waals surface area contributed by atoms with Crippen molar-refractivity contribution in [1.82, 2.24) is 5.32 Å². The minimum Gasteiger partial charge on any atom is -0.486 e. The lowest BCUT2D eigenvalue weighted by atomic mass is 10.0. The zero-order valence-corrected chi connectivity index (χ0v) is 12.0. The van der Waals surface area contributed by atoms with Gasteiger partial charge in [-0.1, -0.05) is 6.07 Å². The molecule has 0 radical (unpaired) electrons. The Labute approximate surface area is 118 Å². The van der Waals surface area contributed by atoms with Gasteiger partial charge in [-0.15, -0.1) is 0 Å². The first-order chi connectivity index (χ1) is 9.33. The summed E-state index contributed by atoms with van der Waals surface area (Å²) < 4.78 is 10.5. The fourth-order valence-electron chi connectivity index (χ4n) is 1.93. The highest BCUT2D eigenvalue weighted by Crippen LogP contribution is 2.24. The third-order valence-corrected chi connectivity index (χ3v) is 2.74. The van der Waals surface area contributed by atoms with E-state index < -0.39 is 11.7 Å². The van der Waals surface area contributed by atoms with Crippen LogP contribution >= 0.6 is 0 Å². The maximum absolute atomic E-state index is 11.6. The summed E-state index contributed by atoms with van der Waals surface area (Å²) in [7, 11) is 0. The molecular weight excluding hydrogens is 258 g/mol. The first-order valence-electron chi connectivity index (χ1n) is 6.57. The maximum Gasteiger partial charge on any atom is 0.407 e. The van der Waals surface area contributed by atoms with Crippen molar-refractivity contribution in [2.45, 2.75) is 39.3 Å². The minimum absolute atomic E-state index is 0.0646.